The van der Waals surface area contributed by atoms with E-state index >= 15 is 0 Å². The van der Waals surface area contributed by atoms with Gasteiger partial charge in [0.2, 0.25) is 25.2 Å². The lowest BCUT2D eigenvalue weighted by Crippen LogP contribution is -2.61. The van der Waals surface area contributed by atoms with Crippen LogP contribution in [0.1, 0.15) is 13.8 Å². The van der Waals surface area contributed by atoms with Gasteiger partial charge in [-0.05, 0) is 105 Å². The van der Waals surface area contributed by atoms with Crippen molar-refractivity contribution in [3.63, 3.8) is 0 Å². The first-order valence-electron chi connectivity index (χ1n) is 45.1. The second kappa shape index (κ2) is 45.7. The van der Waals surface area contributed by atoms with E-state index < -0.39 is 261 Å². The molecule has 30 unspecified atom stereocenters. The molecular formula is C98H104O49. The predicted molar refractivity (Wildman–Crippen MR) is 496 cm³/mol. The highest BCUT2D eigenvalue weighted by Gasteiger charge is 2.52. The molecule has 10 heterocycles. The van der Waals surface area contributed by atoms with Crippen LogP contribution >= 0.6 is 0 Å². The van der Waals surface area contributed by atoms with Gasteiger partial charge in [-0.25, -0.2) is 0 Å². The smallest absolute Gasteiger partial charge is 0.229 e. The number of ether oxygens (including phenoxy) is 14. The fourth-order valence-electron chi connectivity index (χ4n) is 16.5. The maximum Gasteiger partial charge on any atom is 0.229 e. The van der Waals surface area contributed by atoms with Crippen molar-refractivity contribution >= 4 is 43.9 Å². The normalized spacial score (nSPS) is 30.2. The Kier molecular flexibility index (Phi) is 33.6. The van der Waals surface area contributed by atoms with E-state index in [1.54, 1.807) is 60.7 Å². The topological polar surface area (TPSA) is 796 Å². The van der Waals surface area contributed by atoms with Crippen molar-refractivity contribution in [2.24, 2.45) is 0 Å². The predicted octanol–water partition coefficient (Wildman–Crippen LogP) is -1.79. The highest BCUT2D eigenvalue weighted by atomic mass is 16.8. The summed E-state index contributed by atoms with van der Waals surface area (Å²) < 4.78 is 99.2. The molecule has 6 aliphatic heterocycles. The first-order valence-corrected chi connectivity index (χ1v) is 45.1. The number of aliphatic hydroxyl groups excluding tert-OH is 20. The van der Waals surface area contributed by atoms with Gasteiger partial charge in [-0.1, -0.05) is 0 Å². The molecule has 49 nitrogen and oxygen atoms in total. The number of aromatic hydroxyl groups is 7. The average molecular weight is 2070 g/mol. The van der Waals surface area contributed by atoms with Crippen LogP contribution in [0.3, 0.4) is 0 Å². The summed E-state index contributed by atoms with van der Waals surface area (Å²) in [4.78, 5) is 50.6. The van der Waals surface area contributed by atoms with E-state index in [1.807, 2.05) is 0 Å². The summed E-state index contributed by atoms with van der Waals surface area (Å²) in [5.41, 5.74) is -0.410. The molecule has 12 aromatic rings. The van der Waals surface area contributed by atoms with E-state index in [0.29, 0.717) is 28.2 Å². The zero-order valence-corrected chi connectivity index (χ0v) is 77.3. The van der Waals surface area contributed by atoms with Gasteiger partial charge in [-0.2, -0.15) is 0 Å². The van der Waals surface area contributed by atoms with Crippen LogP contribution in [0.15, 0.2) is 201 Å². The Hall–Kier alpha value is -13.1. The lowest BCUT2D eigenvalue weighted by molar-refractivity contribution is -0.318. The average Bonchev–Trinajstić information content (AvgIpc) is 0.787. The molecule has 0 aliphatic carbocycles. The number of rotatable bonds is 22. The largest absolute Gasteiger partial charge is 0.508 e. The lowest BCUT2D eigenvalue weighted by atomic mass is 9.98. The van der Waals surface area contributed by atoms with Crippen LogP contribution in [-0.4, -0.2) is 363 Å². The van der Waals surface area contributed by atoms with Crippen LogP contribution in [0.5, 0.6) is 74.7 Å². The van der Waals surface area contributed by atoms with E-state index in [0.717, 1.165) is 30.3 Å². The van der Waals surface area contributed by atoms with Crippen LogP contribution in [0, 0.1) is 0 Å². The van der Waals surface area contributed by atoms with Gasteiger partial charge in [0.15, 0.2) is 45.8 Å². The Labute approximate surface area is 825 Å². The molecule has 27 N–H and O–H groups in total. The van der Waals surface area contributed by atoms with E-state index in [-0.39, 0.29) is 107 Å². The van der Waals surface area contributed by atoms with Crippen LogP contribution < -0.4 is 50.1 Å². The second-order valence-electron chi connectivity index (χ2n) is 34.8. The molecule has 6 fully saturated rings. The molecule has 30 atom stereocenters. The molecule has 0 spiro atoms. The Morgan fingerprint density at radius 3 is 0.776 bits per heavy atom. The van der Waals surface area contributed by atoms with Crippen LogP contribution in [-0.2, 0) is 37.9 Å². The van der Waals surface area contributed by atoms with Gasteiger partial charge in [-0.3, -0.25) is 19.2 Å². The number of fused-ring (bicyclic) bond motifs is 4. The number of hydrogen-bond acceptors (Lipinski definition) is 49. The Morgan fingerprint density at radius 1 is 0.245 bits per heavy atom. The molecular weight excluding hydrogens is 1960 g/mol. The molecule has 6 saturated heterocycles. The molecule has 790 valence electrons. The maximum atomic E-state index is 12.8. The van der Waals surface area contributed by atoms with Gasteiger partial charge in [0.05, 0.1) is 52.9 Å². The molecule has 0 radical (unpaired) electrons. The third-order valence-electron chi connectivity index (χ3n) is 24.8. The molecule has 0 saturated carbocycles. The number of hydrogen-bond donors (Lipinski definition) is 27. The van der Waals surface area contributed by atoms with Gasteiger partial charge in [-0.15, -0.1) is 0 Å². The maximum absolute atomic E-state index is 12.8. The minimum Gasteiger partial charge on any atom is -0.508 e. The van der Waals surface area contributed by atoms with Gasteiger partial charge < -0.3 is 222 Å². The number of aliphatic hydroxyl groups is 20. The standard InChI is InChI=1S/C28H32O14.C27H30O15.C22H22O10.C21H20O10/c1-11-21(31)23(33)25(35)27(39-11)38-10-19-22(32)24(34)26(36)28(42-19)40-14-7-15(29)20-16(30)9-17(41-18(20)8-14)12-3-5-13(37-2)6-4-12;1-9-20(32)22(34)24(36)26(39-9)38-8-18-21(33)23(35)25(37)27(42-18)40-11-5-14(30)19-15(31)7-16(41-17(19)6-11)10-2-3-12(28)13(29)4-10;1-29-11-4-2-10(3-5-11)15-8-14(25)18-13(24)6-12(7-16(18)31-15)30-22-21(28)20(27)19(26)17(9-23)32-22;22-8-16-18(26)19(27)20(28)21(31-16)29-11-5-12(24)17-13(25)7-14(30-15(17)6-11)9-1-3-10(23)4-2-9/h3-9,11,19,21-29,31-36H,10H2,1-2H3;2-7,9,18,20-30,32-37H,8H2,1H3;2-8,17,19-24,26-28H,9H2,1H3;1-7,16,18-24,26-28H,8H2. The number of phenols is 7. The van der Waals surface area contributed by atoms with E-state index in [4.69, 9.17) is 84.0 Å². The molecule has 18 rings (SSSR count). The van der Waals surface area contributed by atoms with E-state index in [1.165, 1.54) is 101 Å². The quantitative estimate of drug-likeness (QED) is 0.0333. The summed E-state index contributed by atoms with van der Waals surface area (Å²) in [5, 5.41) is 271. The Morgan fingerprint density at radius 2 is 0.497 bits per heavy atom. The minimum atomic E-state index is -1.79. The highest BCUT2D eigenvalue weighted by molar-refractivity contribution is 5.89. The molecule has 4 aromatic heterocycles. The minimum absolute atomic E-state index is 0.0110. The van der Waals surface area contributed by atoms with Gasteiger partial charge in [0.25, 0.3) is 0 Å². The molecule has 8 aromatic carbocycles. The van der Waals surface area contributed by atoms with Crippen molar-refractivity contribution in [2.45, 2.75) is 198 Å². The summed E-state index contributed by atoms with van der Waals surface area (Å²) in [6.45, 7) is 0.679. The van der Waals surface area contributed by atoms with Gasteiger partial charge >= 0.3 is 0 Å². The lowest BCUT2D eigenvalue weighted by Gasteiger charge is -2.42. The number of phenolic OH excluding ortho intramolecular Hbond substituents is 7. The first kappa shape index (κ1) is 108. The van der Waals surface area contributed by atoms with Crippen LogP contribution in [0.25, 0.3) is 89.2 Å². The van der Waals surface area contributed by atoms with Crippen LogP contribution in [0.4, 0.5) is 0 Å². The van der Waals surface area contributed by atoms with Crippen molar-refractivity contribution in [3.8, 4) is 120 Å². The zero-order valence-electron chi connectivity index (χ0n) is 77.3. The first-order chi connectivity index (χ1) is 69.9. The molecule has 49 heteroatoms. The summed E-state index contributed by atoms with van der Waals surface area (Å²) >= 11 is 0. The molecule has 6 aliphatic rings. The summed E-state index contributed by atoms with van der Waals surface area (Å²) in [7, 11) is 3.05. The summed E-state index contributed by atoms with van der Waals surface area (Å²) in [6, 6.07) is 37.5. The van der Waals surface area contributed by atoms with Gasteiger partial charge in [0, 0.05) is 95.1 Å². The number of benzene rings is 8. The second-order valence-corrected chi connectivity index (χ2v) is 34.8. The zero-order chi connectivity index (χ0) is 106. The Balaban J connectivity index is 0.000000148. The van der Waals surface area contributed by atoms with Crippen molar-refractivity contribution in [3.05, 3.63) is 205 Å². The molecule has 147 heavy (non-hydrogen) atoms. The van der Waals surface area contributed by atoms with E-state index in [9.17, 15) is 157 Å². The van der Waals surface area contributed by atoms with Gasteiger partial charge in [0.1, 0.15) is 264 Å². The SMILES string of the molecule is CC1OC(OCC2OC(Oc3cc(O)c4c(=O)cc(-c5ccc(O)c(O)c5)oc4c3)C(O)C(O)C2O)C(O)C(O)C1O.COc1ccc(-c2cc(=O)c3c(O)cc(OC4OC(CO)C(O)C(O)C4O)cc3o2)cc1.COc1ccc(-c2cc(=O)c3c(O)cc(OC4OC(COC5OC(C)C(O)C(O)C5O)C(O)C(O)C4O)cc3o2)cc1.O=c1cc(-c2ccc(O)cc2)oc2cc(OC3OC(CO)C(O)C(O)C3O)cc(O)c12. The fraction of sp³-hybridized carbons (Fsp3) is 0.388. The summed E-state index contributed by atoms with van der Waals surface area (Å²) in [6.07, 6.45) is -44.8. The van der Waals surface area contributed by atoms with Crippen LogP contribution in [0.2, 0.25) is 0 Å². The van der Waals surface area contributed by atoms with Crippen molar-refractivity contribution < 1.29 is 222 Å². The molecule has 0 amide bonds. The summed E-state index contributed by atoms with van der Waals surface area (Å²) in [5.74, 6) is -1.17. The van der Waals surface area contributed by atoms with Crippen molar-refractivity contribution in [1.82, 2.24) is 0 Å². The van der Waals surface area contributed by atoms with E-state index in [2.05, 4.69) is 0 Å². The molecule has 0 bridgehead atoms. The van der Waals surface area contributed by atoms with Crippen molar-refractivity contribution in [2.75, 3.05) is 40.6 Å². The monoisotopic (exact) mass is 2060 g/mol. The highest BCUT2D eigenvalue weighted by Crippen LogP contribution is 2.42. The Bertz CT molecular complexity index is 6840. The third kappa shape index (κ3) is 23.4. The fourth-order valence-corrected chi connectivity index (χ4v) is 16.5. The van der Waals surface area contributed by atoms with Crippen molar-refractivity contribution in [1.29, 1.82) is 0 Å². The number of methoxy groups -OCH3 is 2. The third-order valence-corrected chi connectivity index (χ3v) is 24.8.